The summed E-state index contributed by atoms with van der Waals surface area (Å²) in [6, 6.07) is 2.74. The van der Waals surface area contributed by atoms with Gasteiger partial charge in [0.1, 0.15) is 5.69 Å². The molecule has 2 fully saturated rings. The summed E-state index contributed by atoms with van der Waals surface area (Å²) in [6.07, 6.45) is 2.35. The molecule has 0 radical (unpaired) electrons. The minimum atomic E-state index is -0.309. The van der Waals surface area contributed by atoms with Crippen LogP contribution in [0.4, 0.5) is 0 Å². The van der Waals surface area contributed by atoms with Gasteiger partial charge >= 0.3 is 0 Å². The molecule has 1 aliphatic heterocycles. The Kier molecular flexibility index (Phi) is 2.09. The maximum absolute atomic E-state index is 12.0. The summed E-state index contributed by atoms with van der Waals surface area (Å²) >= 11 is 0. The number of aromatic nitrogens is 2. The van der Waals surface area contributed by atoms with E-state index < -0.39 is 0 Å². The van der Waals surface area contributed by atoms with Crippen molar-refractivity contribution in [1.82, 2.24) is 15.1 Å². The molecule has 0 bridgehead atoms. The number of carbonyl (C=O) groups excluding carboxylic acids is 1. The number of hydrogen-bond acceptors (Lipinski definition) is 4. The summed E-state index contributed by atoms with van der Waals surface area (Å²) in [5, 5.41) is 5.98. The molecule has 1 saturated carbocycles. The Hall–Kier alpha value is -1.69. The predicted molar refractivity (Wildman–Crippen MR) is 60.4 cm³/mol. The highest BCUT2D eigenvalue weighted by Crippen LogP contribution is 2.43. The molecule has 1 aromatic rings. The van der Waals surface area contributed by atoms with Crippen LogP contribution in [0.2, 0.25) is 0 Å². The first-order valence-corrected chi connectivity index (χ1v) is 5.72. The molecular formula is C11H14N4O2. The summed E-state index contributed by atoms with van der Waals surface area (Å²) < 4.78 is 0. The van der Waals surface area contributed by atoms with Gasteiger partial charge in [-0.15, -0.1) is 0 Å². The van der Waals surface area contributed by atoms with Crippen LogP contribution in [0.1, 0.15) is 23.3 Å². The van der Waals surface area contributed by atoms with Crippen LogP contribution in [0.3, 0.4) is 0 Å². The molecule has 3 rings (SSSR count). The highest BCUT2D eigenvalue weighted by atomic mass is 16.2. The quantitative estimate of drug-likeness (QED) is 0.710. The van der Waals surface area contributed by atoms with E-state index >= 15 is 0 Å². The number of likely N-dealkylation sites (tertiary alicyclic amines) is 1. The Balaban J connectivity index is 1.68. The monoisotopic (exact) mass is 234 g/mol. The molecule has 1 saturated heterocycles. The summed E-state index contributed by atoms with van der Waals surface area (Å²) in [5.41, 5.74) is 5.94. The molecule has 3 N–H and O–H groups in total. The van der Waals surface area contributed by atoms with Gasteiger partial charge in [-0.3, -0.25) is 9.59 Å². The fourth-order valence-electron chi connectivity index (χ4n) is 2.35. The van der Waals surface area contributed by atoms with Crippen molar-refractivity contribution >= 4 is 5.91 Å². The Labute approximate surface area is 97.8 Å². The molecule has 90 valence electrons. The van der Waals surface area contributed by atoms with Gasteiger partial charge in [-0.2, -0.15) is 5.10 Å². The molecular weight excluding hydrogens is 220 g/mol. The molecule has 1 amide bonds. The molecule has 0 atom stereocenters. The lowest BCUT2D eigenvalue weighted by Gasteiger charge is -2.48. The third kappa shape index (κ3) is 1.74. The topological polar surface area (TPSA) is 92.1 Å². The van der Waals surface area contributed by atoms with Crippen molar-refractivity contribution in [1.29, 1.82) is 0 Å². The summed E-state index contributed by atoms with van der Waals surface area (Å²) in [5.74, 6) is 0.415. The van der Waals surface area contributed by atoms with Crippen LogP contribution >= 0.6 is 0 Å². The molecule has 17 heavy (non-hydrogen) atoms. The van der Waals surface area contributed by atoms with Crippen LogP contribution in [0, 0.1) is 5.92 Å². The molecule has 6 nitrogen and oxygen atoms in total. The number of amides is 1. The zero-order valence-corrected chi connectivity index (χ0v) is 9.35. The third-order valence-corrected chi connectivity index (χ3v) is 3.55. The summed E-state index contributed by atoms with van der Waals surface area (Å²) in [4.78, 5) is 24.5. The molecule has 0 aromatic carbocycles. The Morgan fingerprint density at radius 1 is 1.47 bits per heavy atom. The van der Waals surface area contributed by atoms with Crippen molar-refractivity contribution in [2.24, 2.45) is 11.7 Å². The SMILES string of the molecule is NC1(C2CC2)CN(C(=O)c2ccc(=O)[nH]n2)C1. The fraction of sp³-hybridized carbons (Fsp3) is 0.545. The largest absolute Gasteiger partial charge is 0.333 e. The first kappa shape index (κ1) is 10.5. The smallest absolute Gasteiger partial charge is 0.274 e. The zero-order chi connectivity index (χ0) is 12.0. The Morgan fingerprint density at radius 3 is 2.71 bits per heavy atom. The van der Waals surface area contributed by atoms with E-state index in [-0.39, 0.29) is 22.7 Å². The van der Waals surface area contributed by atoms with Gasteiger partial charge < -0.3 is 10.6 Å². The Bertz CT molecular complexity index is 494. The number of hydrogen-bond donors (Lipinski definition) is 2. The number of nitrogens with two attached hydrogens (primary N) is 1. The van der Waals surface area contributed by atoms with Crippen LogP contribution in [-0.4, -0.2) is 39.6 Å². The predicted octanol–water partition coefficient (Wildman–Crippen LogP) is -0.667. The molecule has 2 aliphatic rings. The van der Waals surface area contributed by atoms with Crippen molar-refractivity contribution in [3.8, 4) is 0 Å². The van der Waals surface area contributed by atoms with Gasteiger partial charge in [0.25, 0.3) is 11.5 Å². The van der Waals surface area contributed by atoms with E-state index in [4.69, 9.17) is 5.73 Å². The zero-order valence-electron chi connectivity index (χ0n) is 9.35. The molecule has 1 aliphatic carbocycles. The fourth-order valence-corrected chi connectivity index (χ4v) is 2.35. The van der Waals surface area contributed by atoms with Gasteiger partial charge in [-0.05, 0) is 24.8 Å². The lowest BCUT2D eigenvalue weighted by atomic mass is 9.85. The van der Waals surface area contributed by atoms with E-state index in [0.717, 1.165) is 0 Å². The van der Waals surface area contributed by atoms with Crippen LogP contribution in [0.15, 0.2) is 16.9 Å². The van der Waals surface area contributed by atoms with Crippen molar-refractivity contribution in [2.75, 3.05) is 13.1 Å². The normalized spacial score (nSPS) is 22.1. The van der Waals surface area contributed by atoms with E-state index in [0.29, 0.717) is 19.0 Å². The molecule has 1 aromatic heterocycles. The number of H-pyrrole nitrogens is 1. The minimum absolute atomic E-state index is 0.164. The second-order valence-corrected chi connectivity index (χ2v) is 4.98. The average Bonchev–Trinajstić information content (AvgIpc) is 3.09. The maximum atomic E-state index is 12.0. The van der Waals surface area contributed by atoms with Gasteiger partial charge in [0.05, 0.1) is 5.54 Å². The van der Waals surface area contributed by atoms with Gasteiger partial charge in [0.15, 0.2) is 0 Å². The third-order valence-electron chi connectivity index (χ3n) is 3.55. The van der Waals surface area contributed by atoms with Crippen molar-refractivity contribution < 1.29 is 4.79 Å². The average molecular weight is 234 g/mol. The van der Waals surface area contributed by atoms with E-state index in [1.54, 1.807) is 4.90 Å². The highest BCUT2D eigenvalue weighted by Gasteiger charge is 2.51. The van der Waals surface area contributed by atoms with E-state index in [1.165, 1.54) is 25.0 Å². The maximum Gasteiger partial charge on any atom is 0.274 e. The highest BCUT2D eigenvalue weighted by molar-refractivity contribution is 5.92. The van der Waals surface area contributed by atoms with Gasteiger partial charge in [0.2, 0.25) is 0 Å². The molecule has 2 heterocycles. The Morgan fingerprint density at radius 2 is 2.18 bits per heavy atom. The second kappa shape index (κ2) is 3.40. The van der Waals surface area contributed by atoms with Gasteiger partial charge in [0, 0.05) is 19.2 Å². The summed E-state index contributed by atoms with van der Waals surface area (Å²) in [6.45, 7) is 1.19. The summed E-state index contributed by atoms with van der Waals surface area (Å²) in [7, 11) is 0. The van der Waals surface area contributed by atoms with Crippen LogP contribution in [0.25, 0.3) is 0 Å². The lowest BCUT2D eigenvalue weighted by molar-refractivity contribution is 0.0344. The van der Waals surface area contributed by atoms with Crippen molar-refractivity contribution in [3.05, 3.63) is 28.2 Å². The number of rotatable bonds is 2. The van der Waals surface area contributed by atoms with E-state index in [2.05, 4.69) is 10.2 Å². The van der Waals surface area contributed by atoms with E-state index in [1.807, 2.05) is 0 Å². The first-order chi connectivity index (χ1) is 8.08. The van der Waals surface area contributed by atoms with Crippen molar-refractivity contribution in [3.63, 3.8) is 0 Å². The number of nitrogens with one attached hydrogen (secondary N) is 1. The minimum Gasteiger partial charge on any atom is -0.333 e. The van der Waals surface area contributed by atoms with Crippen LogP contribution in [0.5, 0.6) is 0 Å². The van der Waals surface area contributed by atoms with E-state index in [9.17, 15) is 9.59 Å². The number of aromatic amines is 1. The van der Waals surface area contributed by atoms with Gasteiger partial charge in [-0.25, -0.2) is 5.10 Å². The van der Waals surface area contributed by atoms with Gasteiger partial charge in [-0.1, -0.05) is 0 Å². The van der Waals surface area contributed by atoms with Crippen LogP contribution in [-0.2, 0) is 0 Å². The first-order valence-electron chi connectivity index (χ1n) is 5.72. The van der Waals surface area contributed by atoms with Crippen LogP contribution < -0.4 is 11.3 Å². The number of nitrogens with zero attached hydrogens (tertiary/aromatic N) is 2. The molecule has 0 spiro atoms. The molecule has 6 heteroatoms. The number of carbonyl (C=O) groups is 1. The van der Waals surface area contributed by atoms with Crippen molar-refractivity contribution in [2.45, 2.75) is 18.4 Å². The second-order valence-electron chi connectivity index (χ2n) is 4.98. The lowest BCUT2D eigenvalue weighted by Crippen LogP contribution is -2.69. The standard InChI is InChI=1S/C11H14N4O2/c12-11(7-1-2-7)5-15(6-11)10(17)8-3-4-9(16)14-13-8/h3-4,7H,1-2,5-6,12H2,(H,14,16). The molecule has 0 unspecified atom stereocenters.